The molecule has 0 aliphatic rings. The Bertz CT molecular complexity index is 58.6. The molecule has 0 fully saturated rings. The van der Waals surface area contributed by atoms with Crippen LogP contribution in [0.4, 0.5) is 0 Å². The van der Waals surface area contributed by atoms with E-state index in [4.69, 9.17) is 0 Å². The molecule has 0 unspecified atom stereocenters. The molecule has 0 aliphatic carbocycles. The molecule has 0 spiro atoms. The smallest absolute Gasteiger partial charge is 0 e. The van der Waals surface area contributed by atoms with E-state index >= 15 is 0 Å². The second-order valence-electron chi connectivity index (χ2n) is 0.882. The summed E-state index contributed by atoms with van der Waals surface area (Å²) in [4.78, 5) is 9.28. The van der Waals surface area contributed by atoms with Crippen LogP contribution < -0.4 is 0 Å². The van der Waals surface area contributed by atoms with Crippen molar-refractivity contribution in [2.75, 3.05) is 0 Å². The fraction of sp³-hybridized carbons (Fsp3) is 0.250. The van der Waals surface area contributed by atoms with Crippen LogP contribution in [0.5, 0.6) is 0 Å². The number of allylic oxidation sites excluding steroid dienone is 1. The minimum absolute atomic E-state index is 0. The van der Waals surface area contributed by atoms with Gasteiger partial charge in [0.15, 0.2) is 0 Å². The van der Waals surface area contributed by atoms with Gasteiger partial charge in [0.2, 0.25) is 0 Å². The Labute approximate surface area is 50.2 Å². The average molecular weight is 134 g/mol. The van der Waals surface area contributed by atoms with Crippen LogP contribution in [0.2, 0.25) is 0 Å². The molecule has 0 aromatic carbocycles. The predicted octanol–water partition coefficient (Wildman–Crippen LogP) is 0.670. The number of hydrogen-bond acceptors (Lipinski definition) is 1. The normalized spacial score (nSPS) is 5.50. The van der Waals surface area contributed by atoms with Crippen LogP contribution in [-0.2, 0) is 24.3 Å². The third-order valence-electron chi connectivity index (χ3n) is 0.174. The van der Waals surface area contributed by atoms with Crippen molar-refractivity contribution >= 4 is 6.29 Å². The third kappa shape index (κ3) is 8.98. The predicted molar refractivity (Wildman–Crippen MR) is 20.5 cm³/mol. The molecule has 0 bridgehead atoms. The molecular formula is C4H5OZn-. The van der Waals surface area contributed by atoms with E-state index in [1.165, 1.54) is 0 Å². The zero-order chi connectivity index (χ0) is 4.28. The molecule has 0 aromatic rings. The van der Waals surface area contributed by atoms with Crippen LogP contribution in [0.3, 0.4) is 0 Å². The summed E-state index contributed by atoms with van der Waals surface area (Å²) in [5, 5.41) is 0. The Balaban J connectivity index is 0. The van der Waals surface area contributed by atoms with Crippen LogP contribution >= 0.6 is 0 Å². The number of rotatable bonds is 1. The second-order valence-corrected chi connectivity index (χ2v) is 0.882. The second kappa shape index (κ2) is 5.03. The van der Waals surface area contributed by atoms with Gasteiger partial charge in [0, 0.05) is 19.5 Å². The first-order valence-corrected chi connectivity index (χ1v) is 1.31. The molecule has 0 saturated heterocycles. The molecule has 0 aromatic heterocycles. The molecule has 0 saturated carbocycles. The minimum atomic E-state index is 0. The molecule has 0 rings (SSSR count). The Morgan fingerprint density at radius 3 is 2.00 bits per heavy atom. The van der Waals surface area contributed by atoms with Crippen molar-refractivity contribution in [2.24, 2.45) is 0 Å². The van der Waals surface area contributed by atoms with Crippen molar-refractivity contribution in [1.82, 2.24) is 0 Å². The van der Waals surface area contributed by atoms with E-state index in [-0.39, 0.29) is 19.5 Å². The van der Waals surface area contributed by atoms with Crippen molar-refractivity contribution in [3.63, 3.8) is 0 Å². The maximum atomic E-state index is 9.28. The fourth-order valence-electron chi connectivity index (χ4n) is 0. The first kappa shape index (κ1) is 9.40. The van der Waals surface area contributed by atoms with E-state index in [1.54, 1.807) is 13.2 Å². The summed E-state index contributed by atoms with van der Waals surface area (Å²) in [6.07, 6.45) is 1.58. The van der Waals surface area contributed by atoms with E-state index in [0.29, 0.717) is 5.57 Å². The summed E-state index contributed by atoms with van der Waals surface area (Å²) in [5.41, 5.74) is 0.449. The van der Waals surface area contributed by atoms with Gasteiger partial charge in [0.25, 0.3) is 0 Å². The fourth-order valence-corrected chi connectivity index (χ4v) is 0. The van der Waals surface area contributed by atoms with E-state index in [1.807, 2.05) is 0 Å². The molecule has 0 amide bonds. The van der Waals surface area contributed by atoms with Crippen molar-refractivity contribution in [2.45, 2.75) is 6.92 Å². The van der Waals surface area contributed by atoms with Crippen LogP contribution in [-0.4, -0.2) is 6.29 Å². The molecular weight excluding hydrogens is 129 g/mol. The van der Waals surface area contributed by atoms with Crippen molar-refractivity contribution < 1.29 is 24.3 Å². The summed E-state index contributed by atoms with van der Waals surface area (Å²) >= 11 is 0. The standard InChI is InChI=1S/C4H5O.Zn/c1-4(2)3-5;/h1H2,2H3;/q-1;. The monoisotopic (exact) mass is 133 g/mol. The van der Waals surface area contributed by atoms with Gasteiger partial charge in [-0.3, -0.25) is 0 Å². The van der Waals surface area contributed by atoms with Crippen LogP contribution in [0.1, 0.15) is 6.92 Å². The maximum absolute atomic E-state index is 9.28. The molecule has 0 N–H and O–H groups in total. The number of carbonyl (C=O) groups excluding carboxylic acids is 1. The van der Waals surface area contributed by atoms with Crippen molar-refractivity contribution in [3.8, 4) is 0 Å². The summed E-state index contributed by atoms with van der Waals surface area (Å²) < 4.78 is 0. The molecule has 0 radical (unpaired) electrons. The molecule has 2 heteroatoms. The van der Waals surface area contributed by atoms with Crippen molar-refractivity contribution in [3.05, 3.63) is 12.2 Å². The molecule has 0 atom stereocenters. The average Bonchev–Trinajstić information content (AvgIpc) is 1.38. The van der Waals surface area contributed by atoms with Crippen molar-refractivity contribution in [1.29, 1.82) is 0 Å². The third-order valence-corrected chi connectivity index (χ3v) is 0.174. The van der Waals surface area contributed by atoms with E-state index in [9.17, 15) is 4.79 Å². The Kier molecular flexibility index (Phi) is 7.88. The van der Waals surface area contributed by atoms with Crippen LogP contribution in [0, 0.1) is 0 Å². The van der Waals surface area contributed by atoms with E-state index < -0.39 is 0 Å². The summed E-state index contributed by atoms with van der Waals surface area (Å²) in [5.74, 6) is 0. The maximum Gasteiger partial charge on any atom is 0 e. The summed E-state index contributed by atoms with van der Waals surface area (Å²) in [6, 6.07) is 0. The van der Waals surface area contributed by atoms with Gasteiger partial charge in [-0.15, -0.1) is 0 Å². The summed E-state index contributed by atoms with van der Waals surface area (Å²) in [7, 11) is 0. The largest absolute Gasteiger partial charge is 0.419 e. The topological polar surface area (TPSA) is 17.1 Å². The molecule has 1 nitrogen and oxygen atoms in total. The Morgan fingerprint density at radius 2 is 2.00 bits per heavy atom. The zero-order valence-electron chi connectivity index (χ0n) is 3.82. The van der Waals surface area contributed by atoms with Crippen LogP contribution in [0.15, 0.2) is 12.2 Å². The SMILES string of the molecule is C=C(C)[C-]=O.[Zn]. The van der Waals surface area contributed by atoms with Gasteiger partial charge in [0.1, 0.15) is 0 Å². The molecule has 0 heterocycles. The molecule has 0 aliphatic heterocycles. The first-order valence-electron chi connectivity index (χ1n) is 1.31. The van der Waals surface area contributed by atoms with Gasteiger partial charge in [-0.1, -0.05) is 6.92 Å². The summed E-state index contributed by atoms with van der Waals surface area (Å²) in [6.45, 7) is 4.85. The van der Waals surface area contributed by atoms with Gasteiger partial charge in [-0.25, -0.2) is 6.58 Å². The Hall–Kier alpha value is 0.0334. The van der Waals surface area contributed by atoms with Gasteiger partial charge < -0.3 is 4.79 Å². The molecule has 30 valence electrons. The Morgan fingerprint density at radius 1 is 1.83 bits per heavy atom. The van der Waals surface area contributed by atoms with Gasteiger partial charge in [-0.2, -0.15) is 5.57 Å². The number of hydrogen-bond donors (Lipinski definition) is 0. The minimum Gasteiger partial charge on any atom is -0.419 e. The van der Waals surface area contributed by atoms with E-state index in [0.717, 1.165) is 0 Å². The van der Waals surface area contributed by atoms with Gasteiger partial charge >= 0.3 is 0 Å². The molecule has 6 heavy (non-hydrogen) atoms. The quantitative estimate of drug-likeness (QED) is 0.293. The van der Waals surface area contributed by atoms with Gasteiger partial charge in [-0.05, 0) is 6.29 Å². The van der Waals surface area contributed by atoms with Gasteiger partial charge in [0.05, 0.1) is 0 Å². The first-order chi connectivity index (χ1) is 2.27. The van der Waals surface area contributed by atoms with E-state index in [2.05, 4.69) is 6.58 Å². The zero-order valence-corrected chi connectivity index (χ0v) is 6.79. The van der Waals surface area contributed by atoms with Crippen LogP contribution in [0.25, 0.3) is 0 Å².